The largest absolute Gasteiger partial charge is 0.475 e. The van der Waals surface area contributed by atoms with Crippen molar-refractivity contribution >= 4 is 21.9 Å². The number of rotatable bonds is 3. The van der Waals surface area contributed by atoms with Crippen molar-refractivity contribution in [2.24, 2.45) is 0 Å². The summed E-state index contributed by atoms with van der Waals surface area (Å²) in [6.45, 7) is 4.14. The van der Waals surface area contributed by atoms with Crippen LogP contribution in [-0.4, -0.2) is 60.8 Å². The Morgan fingerprint density at radius 3 is 2.45 bits per heavy atom. The average molecular weight is 330 g/mol. The Hall–Kier alpha value is -1.87. The van der Waals surface area contributed by atoms with Gasteiger partial charge in [-0.05, 0) is 13.3 Å². The first-order valence-corrected chi connectivity index (χ1v) is 8.27. The Bertz CT molecular complexity index is 693. The number of carbonyl (C=O) groups excluding carboxylic acids is 1. The second-order valence-electron chi connectivity index (χ2n) is 5.15. The molecule has 1 aliphatic heterocycles. The van der Waals surface area contributed by atoms with Crippen LogP contribution in [0.2, 0.25) is 0 Å². The number of furan rings is 1. The molecule has 1 aromatic heterocycles. The lowest BCUT2D eigenvalue weighted by Crippen LogP contribution is -2.36. The van der Waals surface area contributed by atoms with Crippen LogP contribution in [0.3, 0.4) is 0 Å². The Balaban J connectivity index is 2.25. The maximum atomic E-state index is 12.5. The lowest BCUT2D eigenvalue weighted by Gasteiger charge is -2.19. The van der Waals surface area contributed by atoms with Crippen molar-refractivity contribution in [1.29, 1.82) is 0 Å². The molecule has 9 heteroatoms. The second kappa shape index (κ2) is 6.09. The van der Waals surface area contributed by atoms with Crippen molar-refractivity contribution < 1.29 is 27.5 Å². The lowest BCUT2D eigenvalue weighted by atomic mass is 10.3. The third-order valence-corrected chi connectivity index (χ3v) is 5.34. The summed E-state index contributed by atoms with van der Waals surface area (Å²) in [6, 6.07) is 1.21. The van der Waals surface area contributed by atoms with Gasteiger partial charge in [0.2, 0.25) is 16.8 Å². The molecule has 0 unspecified atom stereocenters. The van der Waals surface area contributed by atoms with Crippen LogP contribution in [0.25, 0.3) is 0 Å². The van der Waals surface area contributed by atoms with E-state index in [-0.39, 0.29) is 35.4 Å². The highest BCUT2D eigenvalue weighted by Crippen LogP contribution is 2.23. The highest BCUT2D eigenvalue weighted by molar-refractivity contribution is 7.89. The summed E-state index contributed by atoms with van der Waals surface area (Å²) in [4.78, 5) is 23.9. The monoisotopic (exact) mass is 330 g/mol. The first-order valence-electron chi connectivity index (χ1n) is 6.83. The van der Waals surface area contributed by atoms with Crippen molar-refractivity contribution in [3.05, 3.63) is 17.4 Å². The Morgan fingerprint density at radius 2 is 1.91 bits per heavy atom. The summed E-state index contributed by atoms with van der Waals surface area (Å²) in [5.41, 5.74) is 0.256. The van der Waals surface area contributed by atoms with E-state index in [1.807, 2.05) is 0 Å². The van der Waals surface area contributed by atoms with Crippen LogP contribution >= 0.6 is 0 Å². The van der Waals surface area contributed by atoms with E-state index in [1.54, 1.807) is 4.90 Å². The van der Waals surface area contributed by atoms with Gasteiger partial charge in [0.1, 0.15) is 0 Å². The van der Waals surface area contributed by atoms with E-state index in [2.05, 4.69) is 0 Å². The molecule has 2 heterocycles. The number of amides is 1. The van der Waals surface area contributed by atoms with Gasteiger partial charge in [0.15, 0.2) is 0 Å². The van der Waals surface area contributed by atoms with Crippen LogP contribution < -0.4 is 0 Å². The molecule has 122 valence electrons. The van der Waals surface area contributed by atoms with Gasteiger partial charge in [-0.2, -0.15) is 4.31 Å². The molecule has 1 aliphatic rings. The Morgan fingerprint density at radius 1 is 1.23 bits per heavy atom. The molecule has 0 aromatic carbocycles. The summed E-state index contributed by atoms with van der Waals surface area (Å²) < 4.78 is 31.3. The molecule has 1 amide bonds. The Labute approximate surface area is 128 Å². The molecule has 0 atom stereocenters. The zero-order valence-electron chi connectivity index (χ0n) is 12.4. The second-order valence-corrected chi connectivity index (χ2v) is 7.02. The quantitative estimate of drug-likeness (QED) is 0.866. The van der Waals surface area contributed by atoms with Crippen LogP contribution in [0, 0.1) is 6.92 Å². The molecule has 0 aliphatic carbocycles. The summed E-state index contributed by atoms with van der Waals surface area (Å²) >= 11 is 0. The number of sulfonamides is 1. The van der Waals surface area contributed by atoms with Crippen LogP contribution in [0.1, 0.15) is 29.5 Å². The van der Waals surface area contributed by atoms with Crippen LogP contribution in [-0.2, 0) is 14.8 Å². The zero-order valence-corrected chi connectivity index (χ0v) is 13.2. The lowest BCUT2D eigenvalue weighted by molar-refractivity contribution is -0.128. The van der Waals surface area contributed by atoms with Gasteiger partial charge in [-0.3, -0.25) is 4.79 Å². The number of carboxylic acids is 1. The molecular formula is C13H18N2O6S. The third-order valence-electron chi connectivity index (χ3n) is 3.58. The van der Waals surface area contributed by atoms with E-state index < -0.39 is 16.0 Å². The van der Waals surface area contributed by atoms with E-state index in [1.165, 1.54) is 24.2 Å². The molecule has 0 bridgehead atoms. The molecule has 8 nitrogen and oxygen atoms in total. The van der Waals surface area contributed by atoms with Crippen LogP contribution in [0.4, 0.5) is 0 Å². The number of aromatic carboxylic acids is 1. The summed E-state index contributed by atoms with van der Waals surface area (Å²) in [6.07, 6.45) is 0.518. The molecule has 0 radical (unpaired) electrons. The molecule has 1 N–H and O–H groups in total. The fourth-order valence-electron chi connectivity index (χ4n) is 2.37. The predicted octanol–water partition coefficient (Wildman–Crippen LogP) is 0.529. The molecule has 0 spiro atoms. The number of nitrogens with zero attached hydrogens (tertiary/aromatic N) is 2. The predicted molar refractivity (Wildman–Crippen MR) is 76.0 cm³/mol. The first-order chi connectivity index (χ1) is 10.2. The van der Waals surface area contributed by atoms with E-state index in [0.717, 1.165) is 0 Å². The van der Waals surface area contributed by atoms with Gasteiger partial charge in [-0.15, -0.1) is 0 Å². The highest BCUT2D eigenvalue weighted by atomic mass is 32.2. The van der Waals surface area contributed by atoms with Gasteiger partial charge >= 0.3 is 5.97 Å². The van der Waals surface area contributed by atoms with Crippen molar-refractivity contribution in [2.75, 3.05) is 26.2 Å². The third kappa shape index (κ3) is 3.14. The van der Waals surface area contributed by atoms with Crippen molar-refractivity contribution in [2.45, 2.75) is 25.4 Å². The van der Waals surface area contributed by atoms with E-state index in [9.17, 15) is 18.0 Å². The minimum absolute atomic E-state index is 0.0961. The minimum atomic E-state index is -3.90. The zero-order chi connectivity index (χ0) is 16.5. The van der Waals surface area contributed by atoms with Gasteiger partial charge in [-0.25, -0.2) is 13.2 Å². The molecular weight excluding hydrogens is 312 g/mol. The fourth-order valence-corrected chi connectivity index (χ4v) is 3.83. The van der Waals surface area contributed by atoms with Crippen molar-refractivity contribution in [3.8, 4) is 0 Å². The van der Waals surface area contributed by atoms with Gasteiger partial charge in [-0.1, -0.05) is 0 Å². The summed E-state index contributed by atoms with van der Waals surface area (Å²) in [5.74, 6) is -1.78. The number of aryl methyl sites for hydroxylation is 1. The smallest absolute Gasteiger partial charge is 0.372 e. The molecule has 22 heavy (non-hydrogen) atoms. The number of carboxylic acid groups (broad SMARTS) is 1. The Kier molecular flexibility index (Phi) is 4.57. The standard InChI is InChI=1S/C13H18N2O6S/c1-9-8-11(21-12(9)13(17)18)22(19,20)15-5-3-4-14(6-7-15)10(2)16/h8H,3-7H2,1-2H3,(H,17,18). The van der Waals surface area contributed by atoms with E-state index >= 15 is 0 Å². The topological polar surface area (TPSA) is 108 Å². The van der Waals surface area contributed by atoms with Gasteiger partial charge < -0.3 is 14.4 Å². The minimum Gasteiger partial charge on any atom is -0.475 e. The highest BCUT2D eigenvalue weighted by Gasteiger charge is 2.31. The summed E-state index contributed by atoms with van der Waals surface area (Å²) in [5, 5.41) is 8.57. The summed E-state index contributed by atoms with van der Waals surface area (Å²) in [7, 11) is -3.90. The van der Waals surface area contributed by atoms with Gasteiger partial charge in [0.05, 0.1) is 0 Å². The number of hydrogen-bond acceptors (Lipinski definition) is 5. The average Bonchev–Trinajstić information content (AvgIpc) is 2.68. The maximum Gasteiger partial charge on any atom is 0.372 e. The number of carbonyl (C=O) groups is 2. The molecule has 1 saturated heterocycles. The van der Waals surface area contributed by atoms with Crippen molar-refractivity contribution in [3.63, 3.8) is 0 Å². The molecule has 1 fully saturated rings. The van der Waals surface area contributed by atoms with Crippen LogP contribution in [0.5, 0.6) is 0 Å². The molecule has 0 saturated carbocycles. The maximum absolute atomic E-state index is 12.5. The normalized spacial score (nSPS) is 17.3. The van der Waals surface area contributed by atoms with E-state index in [4.69, 9.17) is 9.52 Å². The molecule has 1 aromatic rings. The fraction of sp³-hybridized carbons (Fsp3) is 0.538. The van der Waals surface area contributed by atoms with Gasteiger partial charge in [0, 0.05) is 44.7 Å². The van der Waals surface area contributed by atoms with E-state index in [0.29, 0.717) is 19.5 Å². The number of hydrogen-bond donors (Lipinski definition) is 1. The van der Waals surface area contributed by atoms with Gasteiger partial charge in [0.25, 0.3) is 10.0 Å². The molecule has 2 rings (SSSR count). The SMILES string of the molecule is CC(=O)N1CCCN(S(=O)(=O)c2cc(C)c(C(=O)O)o2)CC1. The first kappa shape index (κ1) is 16.5. The van der Waals surface area contributed by atoms with Crippen LogP contribution in [0.15, 0.2) is 15.6 Å². The van der Waals surface area contributed by atoms with Crippen molar-refractivity contribution in [1.82, 2.24) is 9.21 Å².